The zero-order valence-corrected chi connectivity index (χ0v) is 16.7. The number of thiazole rings is 1. The Labute approximate surface area is 163 Å². The van der Waals surface area contributed by atoms with Crippen LogP contribution in [0.2, 0.25) is 0 Å². The summed E-state index contributed by atoms with van der Waals surface area (Å²) >= 11 is 1.44. The van der Waals surface area contributed by atoms with Crippen molar-refractivity contribution in [3.8, 4) is 0 Å². The molecule has 0 bridgehead atoms. The molecule has 0 fully saturated rings. The lowest BCUT2D eigenvalue weighted by atomic mass is 10.0. The van der Waals surface area contributed by atoms with Crippen molar-refractivity contribution in [3.05, 3.63) is 63.9 Å². The fraction of sp³-hybridized carbons (Fsp3) is 0.333. The van der Waals surface area contributed by atoms with Gasteiger partial charge in [-0.15, -0.1) is 11.3 Å². The van der Waals surface area contributed by atoms with Crippen LogP contribution in [0, 0.1) is 5.41 Å². The van der Waals surface area contributed by atoms with Gasteiger partial charge in [-0.2, -0.15) is 0 Å². The maximum Gasteiger partial charge on any atom is 0.407 e. The molecule has 0 saturated heterocycles. The van der Waals surface area contributed by atoms with Crippen molar-refractivity contribution in [3.63, 3.8) is 0 Å². The summed E-state index contributed by atoms with van der Waals surface area (Å²) in [5.74, 6) is 0. The average molecular weight is 384 g/mol. The van der Waals surface area contributed by atoms with Gasteiger partial charge in [-0.1, -0.05) is 42.5 Å². The van der Waals surface area contributed by atoms with Gasteiger partial charge < -0.3 is 14.6 Å². The topological polar surface area (TPSA) is 67.1 Å². The Morgan fingerprint density at radius 3 is 2.70 bits per heavy atom. The van der Waals surface area contributed by atoms with Gasteiger partial charge in [-0.3, -0.25) is 5.41 Å². The Balaban J connectivity index is 1.65. The monoisotopic (exact) mass is 383 g/mol. The lowest BCUT2D eigenvalue weighted by molar-refractivity contribution is 0.0528. The molecule has 2 aromatic carbocycles. The van der Waals surface area contributed by atoms with Crippen LogP contribution in [0.25, 0.3) is 10.8 Å². The van der Waals surface area contributed by atoms with E-state index in [0.29, 0.717) is 24.3 Å². The van der Waals surface area contributed by atoms with Gasteiger partial charge in [-0.25, -0.2) is 4.79 Å². The molecule has 0 aliphatic carbocycles. The number of benzene rings is 2. The van der Waals surface area contributed by atoms with Crippen LogP contribution in [0.1, 0.15) is 31.2 Å². The molecule has 0 spiro atoms. The van der Waals surface area contributed by atoms with E-state index in [-0.39, 0.29) is 0 Å². The fourth-order valence-corrected chi connectivity index (χ4v) is 3.76. The molecule has 0 saturated carbocycles. The van der Waals surface area contributed by atoms with Crippen molar-refractivity contribution in [2.75, 3.05) is 6.54 Å². The molecule has 0 aliphatic rings. The third kappa shape index (κ3) is 5.20. The van der Waals surface area contributed by atoms with E-state index in [1.807, 2.05) is 43.7 Å². The molecule has 1 amide bonds. The molecule has 0 aliphatic heterocycles. The van der Waals surface area contributed by atoms with E-state index in [9.17, 15) is 4.79 Å². The van der Waals surface area contributed by atoms with E-state index in [2.05, 4.69) is 35.6 Å². The Morgan fingerprint density at radius 2 is 1.93 bits per heavy atom. The van der Waals surface area contributed by atoms with E-state index >= 15 is 0 Å². The first-order chi connectivity index (χ1) is 12.8. The molecule has 0 radical (unpaired) electrons. The van der Waals surface area contributed by atoms with Crippen LogP contribution in [0.15, 0.2) is 48.7 Å². The predicted molar refractivity (Wildman–Crippen MR) is 109 cm³/mol. The van der Waals surface area contributed by atoms with Gasteiger partial charge in [0.1, 0.15) is 5.60 Å². The highest BCUT2D eigenvalue weighted by atomic mass is 32.1. The molecule has 6 heteroatoms. The minimum atomic E-state index is -0.497. The third-order valence-corrected chi connectivity index (χ3v) is 5.05. The molecule has 3 rings (SSSR count). The summed E-state index contributed by atoms with van der Waals surface area (Å²) in [6, 6.07) is 14.6. The molecule has 2 N–H and O–H groups in total. The van der Waals surface area contributed by atoms with Gasteiger partial charge in [-0.05, 0) is 37.1 Å². The molecular formula is C21H25N3O2S. The van der Waals surface area contributed by atoms with E-state index in [4.69, 9.17) is 10.1 Å². The van der Waals surface area contributed by atoms with Gasteiger partial charge >= 0.3 is 6.09 Å². The summed E-state index contributed by atoms with van der Waals surface area (Å²) in [5.41, 5.74) is 0.700. The minimum Gasteiger partial charge on any atom is -0.444 e. The van der Waals surface area contributed by atoms with Crippen molar-refractivity contribution in [1.29, 1.82) is 5.41 Å². The largest absolute Gasteiger partial charge is 0.444 e. The zero-order chi connectivity index (χ0) is 19.4. The number of carbonyl (C=O) groups excluding carboxylic acids is 1. The van der Waals surface area contributed by atoms with Crippen molar-refractivity contribution in [2.45, 2.75) is 39.3 Å². The SMILES string of the molecule is CC(C)(C)OC(=O)NCCc1cn(Cc2cccc3ccccc23)c(=N)s1. The standard InChI is InChI=1S/C21H25N3O2S/c1-21(2,3)26-20(25)23-12-11-17-14-24(19(22)27-17)13-16-9-6-8-15-7-4-5-10-18(15)16/h4-10,14,22H,11-13H2,1-3H3,(H,23,25). The number of alkyl carbamates (subject to hydrolysis) is 1. The highest BCUT2D eigenvalue weighted by Gasteiger charge is 2.15. The highest BCUT2D eigenvalue weighted by molar-refractivity contribution is 7.09. The smallest absolute Gasteiger partial charge is 0.407 e. The molecule has 27 heavy (non-hydrogen) atoms. The van der Waals surface area contributed by atoms with E-state index in [1.54, 1.807) is 0 Å². The second-order valence-corrected chi connectivity index (χ2v) is 8.56. The lowest BCUT2D eigenvalue weighted by Gasteiger charge is -2.19. The normalized spacial score (nSPS) is 11.5. The van der Waals surface area contributed by atoms with Crippen LogP contribution < -0.4 is 10.1 Å². The van der Waals surface area contributed by atoms with Crippen LogP contribution in [0.3, 0.4) is 0 Å². The lowest BCUT2D eigenvalue weighted by Crippen LogP contribution is -2.33. The van der Waals surface area contributed by atoms with Crippen molar-refractivity contribution in [1.82, 2.24) is 9.88 Å². The number of aromatic nitrogens is 1. The second-order valence-electron chi connectivity index (χ2n) is 7.45. The van der Waals surface area contributed by atoms with Crippen LogP contribution in [0.5, 0.6) is 0 Å². The van der Waals surface area contributed by atoms with Crippen LogP contribution in [-0.2, 0) is 17.7 Å². The molecule has 1 heterocycles. The van der Waals surface area contributed by atoms with E-state index < -0.39 is 11.7 Å². The quantitative estimate of drug-likeness (QED) is 0.690. The van der Waals surface area contributed by atoms with Crippen LogP contribution >= 0.6 is 11.3 Å². The van der Waals surface area contributed by atoms with Gasteiger partial charge in [0, 0.05) is 24.0 Å². The van der Waals surface area contributed by atoms with Gasteiger partial charge in [0.05, 0.1) is 6.54 Å². The molecule has 1 aromatic heterocycles. The number of hydrogen-bond acceptors (Lipinski definition) is 4. The van der Waals surface area contributed by atoms with Crippen molar-refractivity contribution >= 4 is 28.2 Å². The van der Waals surface area contributed by atoms with E-state index in [0.717, 1.165) is 4.88 Å². The summed E-state index contributed by atoms with van der Waals surface area (Å²) in [4.78, 5) is 13.3. The molecule has 0 atom stereocenters. The van der Waals surface area contributed by atoms with Gasteiger partial charge in [0.2, 0.25) is 0 Å². The number of nitrogens with zero attached hydrogens (tertiary/aromatic N) is 1. The number of carbonyl (C=O) groups is 1. The summed E-state index contributed by atoms with van der Waals surface area (Å²) in [5, 5.41) is 13.4. The first-order valence-corrected chi connectivity index (χ1v) is 9.81. The van der Waals surface area contributed by atoms with E-state index in [1.165, 1.54) is 27.7 Å². The fourth-order valence-electron chi connectivity index (χ4n) is 2.89. The molecular weight excluding hydrogens is 358 g/mol. The van der Waals surface area contributed by atoms with Crippen molar-refractivity contribution in [2.24, 2.45) is 0 Å². The summed E-state index contributed by atoms with van der Waals surface area (Å²) < 4.78 is 7.19. The second kappa shape index (κ2) is 7.96. The molecule has 3 aromatic rings. The number of amides is 1. The Kier molecular flexibility index (Phi) is 5.65. The van der Waals surface area contributed by atoms with Gasteiger partial charge in [0.25, 0.3) is 0 Å². The number of fused-ring (bicyclic) bond motifs is 1. The number of ether oxygens (including phenoxy) is 1. The predicted octanol–water partition coefficient (Wildman–Crippen LogP) is 4.30. The maximum absolute atomic E-state index is 11.7. The number of nitrogens with one attached hydrogen (secondary N) is 2. The van der Waals surface area contributed by atoms with Crippen molar-refractivity contribution < 1.29 is 9.53 Å². The van der Waals surface area contributed by atoms with Crippen LogP contribution in [0.4, 0.5) is 4.79 Å². The Morgan fingerprint density at radius 1 is 1.19 bits per heavy atom. The summed E-state index contributed by atoms with van der Waals surface area (Å²) in [6.07, 6.45) is 2.28. The molecule has 0 unspecified atom stereocenters. The number of rotatable bonds is 5. The molecule has 5 nitrogen and oxygen atoms in total. The van der Waals surface area contributed by atoms with Crippen LogP contribution in [-0.4, -0.2) is 22.8 Å². The Hall–Kier alpha value is -2.60. The maximum atomic E-state index is 11.7. The third-order valence-electron chi connectivity index (χ3n) is 4.05. The first kappa shape index (κ1) is 19.2. The zero-order valence-electron chi connectivity index (χ0n) is 15.9. The summed E-state index contributed by atoms with van der Waals surface area (Å²) in [7, 11) is 0. The molecule has 142 valence electrons. The highest BCUT2D eigenvalue weighted by Crippen LogP contribution is 2.19. The number of hydrogen-bond donors (Lipinski definition) is 2. The Bertz CT molecular complexity index is 993. The summed E-state index contributed by atoms with van der Waals surface area (Å²) in [6.45, 7) is 6.68. The first-order valence-electron chi connectivity index (χ1n) is 8.99. The minimum absolute atomic E-state index is 0.409. The van der Waals surface area contributed by atoms with Gasteiger partial charge in [0.15, 0.2) is 4.80 Å². The average Bonchev–Trinajstić information content (AvgIpc) is 2.93.